The minimum absolute atomic E-state index is 0.403. The average Bonchev–Trinajstić information content (AvgIpc) is 1.87. The van der Waals surface area contributed by atoms with Gasteiger partial charge in [-0.05, 0) is 31.9 Å². The van der Waals surface area contributed by atoms with Crippen LogP contribution < -0.4 is 0 Å². The van der Waals surface area contributed by atoms with Gasteiger partial charge in [0.25, 0.3) is 0 Å². The first-order valence-corrected chi connectivity index (χ1v) is 3.23. The van der Waals surface area contributed by atoms with Crippen molar-refractivity contribution < 1.29 is 5.11 Å². The summed E-state index contributed by atoms with van der Waals surface area (Å²) in [5.74, 6) is 0.403. The van der Waals surface area contributed by atoms with Gasteiger partial charge in [-0.2, -0.15) is 0 Å². The Morgan fingerprint density at radius 1 is 1.56 bits per heavy atom. The third-order valence-corrected chi connectivity index (χ3v) is 1.29. The van der Waals surface area contributed by atoms with Gasteiger partial charge in [0.1, 0.15) is 5.76 Å². The van der Waals surface area contributed by atoms with Crippen LogP contribution in [0.5, 0.6) is 0 Å². The topological polar surface area (TPSA) is 20.2 Å². The molecule has 0 aromatic carbocycles. The van der Waals surface area contributed by atoms with Crippen LogP contribution in [0, 0.1) is 0 Å². The van der Waals surface area contributed by atoms with Gasteiger partial charge in [0.15, 0.2) is 0 Å². The quantitative estimate of drug-likeness (QED) is 0.445. The minimum atomic E-state index is 0.403. The van der Waals surface area contributed by atoms with E-state index in [0.717, 1.165) is 12.0 Å². The summed E-state index contributed by atoms with van der Waals surface area (Å²) in [4.78, 5) is 0. The second-order valence-electron chi connectivity index (χ2n) is 2.02. The number of hydrogen-bond acceptors (Lipinski definition) is 1. The number of aliphatic hydroxyl groups is 1. The summed E-state index contributed by atoms with van der Waals surface area (Å²) in [6.45, 7) is 5.84. The van der Waals surface area contributed by atoms with Gasteiger partial charge in [-0.25, -0.2) is 0 Å². The Hall–Kier alpha value is -0.720. The number of rotatable bonds is 2. The standard InChI is InChI=1S/C8H14O/c1-4-6-8(9)7(3)5-2/h4,6,9H,5H2,1-3H3/b6-4-,8-7-. The van der Waals surface area contributed by atoms with E-state index in [-0.39, 0.29) is 0 Å². The molecule has 52 valence electrons. The molecule has 9 heavy (non-hydrogen) atoms. The van der Waals surface area contributed by atoms with Crippen molar-refractivity contribution in [3.63, 3.8) is 0 Å². The SMILES string of the molecule is C/C=C\C(O)=C(/C)CC. The lowest BCUT2D eigenvalue weighted by molar-refractivity contribution is 0.423. The molecule has 0 radical (unpaired) electrons. The van der Waals surface area contributed by atoms with E-state index in [2.05, 4.69) is 0 Å². The maximum Gasteiger partial charge on any atom is 0.114 e. The molecule has 0 unspecified atom stereocenters. The van der Waals surface area contributed by atoms with E-state index in [1.165, 1.54) is 0 Å². The summed E-state index contributed by atoms with van der Waals surface area (Å²) in [6.07, 6.45) is 4.45. The zero-order valence-electron chi connectivity index (χ0n) is 6.31. The van der Waals surface area contributed by atoms with Crippen LogP contribution in [0.1, 0.15) is 27.2 Å². The highest BCUT2D eigenvalue weighted by molar-refractivity contribution is 5.16. The van der Waals surface area contributed by atoms with E-state index in [9.17, 15) is 0 Å². The molecule has 0 aromatic heterocycles. The largest absolute Gasteiger partial charge is 0.508 e. The highest BCUT2D eigenvalue weighted by Gasteiger charge is 1.89. The molecule has 0 saturated carbocycles. The van der Waals surface area contributed by atoms with Crippen molar-refractivity contribution in [2.24, 2.45) is 0 Å². The van der Waals surface area contributed by atoms with Gasteiger partial charge in [0.05, 0.1) is 0 Å². The zero-order valence-corrected chi connectivity index (χ0v) is 6.31. The third-order valence-electron chi connectivity index (χ3n) is 1.29. The monoisotopic (exact) mass is 126 g/mol. The third kappa shape index (κ3) is 2.96. The molecule has 0 bridgehead atoms. The summed E-state index contributed by atoms with van der Waals surface area (Å²) < 4.78 is 0. The summed E-state index contributed by atoms with van der Waals surface area (Å²) in [7, 11) is 0. The second kappa shape index (κ2) is 4.19. The maximum atomic E-state index is 9.11. The molecule has 0 aromatic rings. The van der Waals surface area contributed by atoms with Crippen molar-refractivity contribution in [3.05, 3.63) is 23.5 Å². The molecule has 0 heterocycles. The fraction of sp³-hybridized carbons (Fsp3) is 0.500. The Morgan fingerprint density at radius 2 is 2.11 bits per heavy atom. The predicted molar refractivity (Wildman–Crippen MR) is 40.4 cm³/mol. The first kappa shape index (κ1) is 8.28. The Kier molecular flexibility index (Phi) is 3.85. The van der Waals surface area contributed by atoms with Gasteiger partial charge in [-0.15, -0.1) is 0 Å². The van der Waals surface area contributed by atoms with Crippen LogP contribution >= 0.6 is 0 Å². The van der Waals surface area contributed by atoms with Crippen molar-refractivity contribution in [3.8, 4) is 0 Å². The Morgan fingerprint density at radius 3 is 2.44 bits per heavy atom. The number of aliphatic hydroxyl groups excluding tert-OH is 1. The summed E-state index contributed by atoms with van der Waals surface area (Å²) in [5, 5.41) is 9.11. The van der Waals surface area contributed by atoms with E-state index in [1.54, 1.807) is 6.08 Å². The van der Waals surface area contributed by atoms with Crippen molar-refractivity contribution in [1.29, 1.82) is 0 Å². The fourth-order valence-electron chi connectivity index (χ4n) is 0.481. The first-order chi connectivity index (χ1) is 4.22. The molecule has 1 nitrogen and oxygen atoms in total. The van der Waals surface area contributed by atoms with Crippen LogP contribution in [0.2, 0.25) is 0 Å². The highest BCUT2D eigenvalue weighted by Crippen LogP contribution is 2.04. The lowest BCUT2D eigenvalue weighted by atomic mass is 10.2. The molecule has 0 saturated heterocycles. The van der Waals surface area contributed by atoms with E-state index in [1.807, 2.05) is 26.8 Å². The van der Waals surface area contributed by atoms with Crippen molar-refractivity contribution in [1.82, 2.24) is 0 Å². The van der Waals surface area contributed by atoms with Gasteiger partial charge >= 0.3 is 0 Å². The summed E-state index contributed by atoms with van der Waals surface area (Å²) in [6, 6.07) is 0. The zero-order chi connectivity index (χ0) is 7.28. The predicted octanol–water partition coefficient (Wildman–Crippen LogP) is 2.80. The number of hydrogen-bond donors (Lipinski definition) is 1. The van der Waals surface area contributed by atoms with Crippen LogP contribution in [-0.4, -0.2) is 5.11 Å². The van der Waals surface area contributed by atoms with E-state index >= 15 is 0 Å². The van der Waals surface area contributed by atoms with Crippen LogP contribution in [0.3, 0.4) is 0 Å². The molecule has 0 spiro atoms. The molecule has 0 fully saturated rings. The van der Waals surface area contributed by atoms with Crippen molar-refractivity contribution >= 4 is 0 Å². The molecule has 0 amide bonds. The van der Waals surface area contributed by atoms with Gasteiger partial charge in [-0.1, -0.05) is 13.0 Å². The van der Waals surface area contributed by atoms with Crippen molar-refractivity contribution in [2.45, 2.75) is 27.2 Å². The summed E-state index contributed by atoms with van der Waals surface area (Å²) >= 11 is 0. The molecule has 1 heteroatoms. The Labute approximate surface area is 56.7 Å². The van der Waals surface area contributed by atoms with Gasteiger partial charge in [0, 0.05) is 0 Å². The van der Waals surface area contributed by atoms with Crippen LogP contribution in [0.4, 0.5) is 0 Å². The highest BCUT2D eigenvalue weighted by atomic mass is 16.3. The van der Waals surface area contributed by atoms with Gasteiger partial charge < -0.3 is 5.11 Å². The maximum absolute atomic E-state index is 9.11. The molecule has 0 atom stereocenters. The van der Waals surface area contributed by atoms with Gasteiger partial charge in [-0.3, -0.25) is 0 Å². The molecule has 0 aliphatic heterocycles. The van der Waals surface area contributed by atoms with Crippen LogP contribution in [0.25, 0.3) is 0 Å². The molecule has 0 aliphatic rings. The molecule has 0 rings (SSSR count). The molecule has 1 N–H and O–H groups in total. The van der Waals surface area contributed by atoms with E-state index in [4.69, 9.17) is 5.11 Å². The molecular formula is C8H14O. The Bertz CT molecular complexity index is 132. The van der Waals surface area contributed by atoms with Crippen molar-refractivity contribution in [2.75, 3.05) is 0 Å². The smallest absolute Gasteiger partial charge is 0.114 e. The molecule has 0 aliphatic carbocycles. The van der Waals surface area contributed by atoms with E-state index < -0.39 is 0 Å². The fourth-order valence-corrected chi connectivity index (χ4v) is 0.481. The van der Waals surface area contributed by atoms with Crippen LogP contribution in [-0.2, 0) is 0 Å². The van der Waals surface area contributed by atoms with Crippen LogP contribution in [0.15, 0.2) is 23.5 Å². The first-order valence-electron chi connectivity index (χ1n) is 3.23. The number of allylic oxidation sites excluding steroid dienone is 3. The van der Waals surface area contributed by atoms with Gasteiger partial charge in [0.2, 0.25) is 0 Å². The second-order valence-corrected chi connectivity index (χ2v) is 2.02. The lowest BCUT2D eigenvalue weighted by Gasteiger charge is -1.95. The normalized spacial score (nSPS) is 14.1. The molecular weight excluding hydrogens is 112 g/mol. The van der Waals surface area contributed by atoms with E-state index in [0.29, 0.717) is 5.76 Å². The average molecular weight is 126 g/mol. The Balaban J connectivity index is 4.10. The minimum Gasteiger partial charge on any atom is -0.508 e. The summed E-state index contributed by atoms with van der Waals surface area (Å²) in [5.41, 5.74) is 1.04. The lowest BCUT2D eigenvalue weighted by Crippen LogP contribution is -1.80.